The van der Waals surface area contributed by atoms with E-state index in [-0.39, 0.29) is 0 Å². The zero-order valence-electron chi connectivity index (χ0n) is 9.75. The van der Waals surface area contributed by atoms with Gasteiger partial charge >= 0.3 is 0 Å². The van der Waals surface area contributed by atoms with E-state index in [0.29, 0.717) is 16.9 Å². The fourth-order valence-corrected chi connectivity index (χ4v) is 1.80. The van der Waals surface area contributed by atoms with Gasteiger partial charge in [0.25, 0.3) is 0 Å². The summed E-state index contributed by atoms with van der Waals surface area (Å²) in [6.45, 7) is 6.50. The van der Waals surface area contributed by atoms with Crippen molar-refractivity contribution in [2.75, 3.05) is 5.32 Å². The van der Waals surface area contributed by atoms with Crippen LogP contribution in [0.25, 0.3) is 0 Å². The Morgan fingerprint density at radius 2 is 2.00 bits per heavy atom. The van der Waals surface area contributed by atoms with Crippen LogP contribution >= 0.6 is 28.1 Å². The summed E-state index contributed by atoms with van der Waals surface area (Å²) < 4.78 is 1.02. The van der Waals surface area contributed by atoms with Crippen molar-refractivity contribution < 1.29 is 0 Å². The van der Waals surface area contributed by atoms with Gasteiger partial charge in [0, 0.05) is 21.8 Å². The van der Waals surface area contributed by atoms with Crippen molar-refractivity contribution >= 4 is 38.8 Å². The average molecular weight is 301 g/mol. The van der Waals surface area contributed by atoms with Gasteiger partial charge in [-0.1, -0.05) is 42.0 Å². The lowest BCUT2D eigenvalue weighted by atomic mass is 10.1. The molecule has 3 N–H and O–H groups in total. The van der Waals surface area contributed by atoms with E-state index in [0.717, 1.165) is 15.7 Å². The van der Waals surface area contributed by atoms with Gasteiger partial charge in [-0.2, -0.15) is 0 Å². The summed E-state index contributed by atoms with van der Waals surface area (Å²) in [7, 11) is 0. The Morgan fingerprint density at radius 1 is 1.38 bits per heavy atom. The molecule has 0 amide bonds. The molecule has 0 spiro atoms. The highest BCUT2D eigenvalue weighted by atomic mass is 79.9. The maximum atomic E-state index is 5.69. The molecule has 1 aromatic carbocycles. The minimum absolute atomic E-state index is 0.377. The van der Waals surface area contributed by atoms with Crippen molar-refractivity contribution in [1.82, 2.24) is 0 Å². The standard InChI is InChI=1S/C12H17BrN2S/c1-7(2)8(3)15-11-6-9(13)4-5-10(11)12(14)16/h4-8,15H,1-3H3,(H2,14,16). The number of nitrogens with one attached hydrogen (secondary N) is 1. The zero-order valence-corrected chi connectivity index (χ0v) is 12.2. The predicted molar refractivity (Wildman–Crippen MR) is 78.0 cm³/mol. The van der Waals surface area contributed by atoms with Crippen LogP contribution < -0.4 is 11.1 Å². The van der Waals surface area contributed by atoms with E-state index < -0.39 is 0 Å². The summed E-state index contributed by atoms with van der Waals surface area (Å²) in [6.07, 6.45) is 0. The highest BCUT2D eigenvalue weighted by molar-refractivity contribution is 9.10. The first kappa shape index (κ1) is 13.5. The van der Waals surface area contributed by atoms with Gasteiger partial charge in [-0.15, -0.1) is 0 Å². The van der Waals surface area contributed by atoms with E-state index in [4.69, 9.17) is 18.0 Å². The highest BCUT2D eigenvalue weighted by Crippen LogP contribution is 2.23. The summed E-state index contributed by atoms with van der Waals surface area (Å²) in [4.78, 5) is 0.422. The number of benzene rings is 1. The molecule has 0 bridgehead atoms. The predicted octanol–water partition coefficient (Wildman–Crippen LogP) is 3.54. The van der Waals surface area contributed by atoms with E-state index in [1.165, 1.54) is 0 Å². The summed E-state index contributed by atoms with van der Waals surface area (Å²) in [5.41, 5.74) is 7.58. The molecule has 0 aromatic heterocycles. The molecule has 1 atom stereocenters. The van der Waals surface area contributed by atoms with E-state index in [2.05, 4.69) is 42.0 Å². The Kier molecular flexibility index (Phi) is 4.74. The molecular weight excluding hydrogens is 284 g/mol. The number of anilines is 1. The summed E-state index contributed by atoms with van der Waals surface area (Å²) >= 11 is 8.48. The second kappa shape index (κ2) is 5.64. The molecule has 4 heteroatoms. The summed E-state index contributed by atoms with van der Waals surface area (Å²) in [5.74, 6) is 0.554. The molecule has 0 fully saturated rings. The maximum Gasteiger partial charge on any atom is 0.106 e. The molecule has 88 valence electrons. The summed E-state index contributed by atoms with van der Waals surface area (Å²) in [5, 5.41) is 3.43. The number of nitrogens with two attached hydrogens (primary N) is 1. The second-order valence-corrected chi connectivity index (χ2v) is 5.59. The number of halogens is 1. The van der Waals surface area contributed by atoms with Crippen LogP contribution in [0.1, 0.15) is 26.3 Å². The molecule has 2 nitrogen and oxygen atoms in total. The van der Waals surface area contributed by atoms with Gasteiger partial charge in [0.1, 0.15) is 4.99 Å². The van der Waals surface area contributed by atoms with E-state index >= 15 is 0 Å². The first-order valence-electron chi connectivity index (χ1n) is 5.27. The molecule has 0 saturated carbocycles. The molecule has 1 rings (SSSR count). The van der Waals surface area contributed by atoms with Crippen LogP contribution in [-0.2, 0) is 0 Å². The molecular formula is C12H17BrN2S. The first-order chi connectivity index (χ1) is 7.41. The zero-order chi connectivity index (χ0) is 12.3. The largest absolute Gasteiger partial charge is 0.389 e. The molecule has 0 radical (unpaired) electrons. The lowest BCUT2D eigenvalue weighted by Crippen LogP contribution is -2.23. The summed E-state index contributed by atoms with van der Waals surface area (Å²) in [6, 6.07) is 6.26. The first-order valence-corrected chi connectivity index (χ1v) is 6.48. The monoisotopic (exact) mass is 300 g/mol. The molecule has 16 heavy (non-hydrogen) atoms. The fraction of sp³-hybridized carbons (Fsp3) is 0.417. The number of hydrogen-bond donors (Lipinski definition) is 2. The van der Waals surface area contributed by atoms with Crippen LogP contribution in [0.2, 0.25) is 0 Å². The molecule has 1 unspecified atom stereocenters. The Morgan fingerprint density at radius 3 is 2.50 bits per heavy atom. The van der Waals surface area contributed by atoms with Crippen LogP contribution in [0.15, 0.2) is 22.7 Å². The molecule has 0 saturated heterocycles. The second-order valence-electron chi connectivity index (χ2n) is 4.23. The molecule has 0 aliphatic rings. The van der Waals surface area contributed by atoms with Gasteiger partial charge in [-0.25, -0.2) is 0 Å². The molecule has 0 aliphatic heterocycles. The highest BCUT2D eigenvalue weighted by Gasteiger charge is 2.11. The Labute approximate surface area is 111 Å². The number of thiocarbonyl (C=S) groups is 1. The minimum atomic E-state index is 0.377. The maximum absolute atomic E-state index is 5.69. The van der Waals surface area contributed by atoms with E-state index in [1.807, 2.05) is 18.2 Å². The van der Waals surface area contributed by atoms with Gasteiger partial charge < -0.3 is 11.1 Å². The van der Waals surface area contributed by atoms with Crippen LogP contribution in [0, 0.1) is 5.92 Å². The lowest BCUT2D eigenvalue weighted by molar-refractivity contribution is 0.560. The molecule has 0 heterocycles. The van der Waals surface area contributed by atoms with Crippen molar-refractivity contribution in [2.45, 2.75) is 26.8 Å². The van der Waals surface area contributed by atoms with Gasteiger partial charge in [0.15, 0.2) is 0 Å². The van der Waals surface area contributed by atoms with E-state index in [1.54, 1.807) is 0 Å². The van der Waals surface area contributed by atoms with Crippen LogP contribution in [-0.4, -0.2) is 11.0 Å². The van der Waals surface area contributed by atoms with Crippen molar-refractivity contribution in [3.8, 4) is 0 Å². The van der Waals surface area contributed by atoms with E-state index in [9.17, 15) is 0 Å². The normalized spacial score (nSPS) is 12.6. The number of rotatable bonds is 4. The van der Waals surface area contributed by atoms with Crippen molar-refractivity contribution in [3.63, 3.8) is 0 Å². The van der Waals surface area contributed by atoms with Gasteiger partial charge in [-0.3, -0.25) is 0 Å². The topological polar surface area (TPSA) is 38.0 Å². The van der Waals surface area contributed by atoms with Crippen molar-refractivity contribution in [2.24, 2.45) is 11.7 Å². The lowest BCUT2D eigenvalue weighted by Gasteiger charge is -2.21. The van der Waals surface area contributed by atoms with Gasteiger partial charge in [-0.05, 0) is 31.0 Å². The third kappa shape index (κ3) is 3.46. The van der Waals surface area contributed by atoms with Crippen molar-refractivity contribution in [3.05, 3.63) is 28.2 Å². The minimum Gasteiger partial charge on any atom is -0.389 e. The molecule has 0 aliphatic carbocycles. The fourth-order valence-electron chi connectivity index (χ4n) is 1.26. The Bertz CT molecular complexity index is 391. The Balaban J connectivity index is 3.01. The van der Waals surface area contributed by atoms with Gasteiger partial charge in [0.2, 0.25) is 0 Å². The SMILES string of the molecule is CC(C)C(C)Nc1cc(Br)ccc1C(N)=S. The van der Waals surface area contributed by atoms with Crippen LogP contribution in [0.5, 0.6) is 0 Å². The van der Waals surface area contributed by atoms with Crippen LogP contribution in [0.3, 0.4) is 0 Å². The third-order valence-electron chi connectivity index (χ3n) is 2.63. The Hall–Kier alpha value is -0.610. The smallest absolute Gasteiger partial charge is 0.106 e. The van der Waals surface area contributed by atoms with Crippen molar-refractivity contribution in [1.29, 1.82) is 0 Å². The molecule has 1 aromatic rings. The number of hydrogen-bond acceptors (Lipinski definition) is 2. The average Bonchev–Trinajstić information content (AvgIpc) is 2.16. The van der Waals surface area contributed by atoms with Crippen LogP contribution in [0.4, 0.5) is 5.69 Å². The van der Waals surface area contributed by atoms with Gasteiger partial charge in [0.05, 0.1) is 0 Å². The third-order valence-corrected chi connectivity index (χ3v) is 3.34. The quantitative estimate of drug-likeness (QED) is 0.835.